The van der Waals surface area contributed by atoms with Crippen LogP contribution in [0.4, 0.5) is 0 Å². The third-order valence-corrected chi connectivity index (χ3v) is 1.35. The minimum atomic E-state index is 0.407. The molecule has 1 nitrogen and oxygen atoms in total. The normalized spacial score (nSPS) is 14.1. The molecule has 0 saturated carbocycles. The van der Waals surface area contributed by atoms with E-state index < -0.39 is 0 Å². The Hall–Kier alpha value is 0.310. The van der Waals surface area contributed by atoms with Crippen LogP contribution in [0.25, 0.3) is 0 Å². The smallest absolute Gasteiger partial charge is 0.00288 e. The van der Waals surface area contributed by atoms with Gasteiger partial charge in [0.05, 0.1) is 0 Å². The minimum Gasteiger partial charge on any atom is -0.330 e. The molecule has 0 aromatic carbocycles. The van der Waals surface area contributed by atoms with E-state index >= 15 is 0 Å². The van der Waals surface area contributed by atoms with Crippen LogP contribution in [0.5, 0.6) is 0 Å². The monoisotopic (exact) mass is 118 g/mol. The maximum Gasteiger partial charge on any atom is 0.00288 e. The minimum absolute atomic E-state index is 0.407. The molecule has 0 saturated heterocycles. The third-order valence-electron chi connectivity index (χ3n) is 0.833. The number of hydrogen-bond acceptors (Lipinski definition) is 2. The van der Waals surface area contributed by atoms with Crippen molar-refractivity contribution in [1.29, 1.82) is 0 Å². The van der Waals surface area contributed by atoms with Crippen molar-refractivity contribution < 1.29 is 0 Å². The number of thiol groups is 1. The second-order valence-electron chi connectivity index (χ2n) is 1.52. The SMILES string of the molecule is [CH2]CC(S)CCN. The van der Waals surface area contributed by atoms with Crippen molar-refractivity contribution in [2.45, 2.75) is 18.1 Å². The van der Waals surface area contributed by atoms with Gasteiger partial charge in [-0.05, 0) is 19.4 Å². The maximum atomic E-state index is 5.23. The summed E-state index contributed by atoms with van der Waals surface area (Å²) in [5.74, 6) is 0. The van der Waals surface area contributed by atoms with E-state index in [0.717, 1.165) is 19.4 Å². The van der Waals surface area contributed by atoms with Crippen molar-refractivity contribution in [1.82, 2.24) is 0 Å². The maximum absolute atomic E-state index is 5.23. The van der Waals surface area contributed by atoms with E-state index in [-0.39, 0.29) is 0 Å². The molecular formula is C5H12NS. The second-order valence-corrected chi connectivity index (χ2v) is 2.25. The van der Waals surface area contributed by atoms with Gasteiger partial charge in [-0.3, -0.25) is 0 Å². The van der Waals surface area contributed by atoms with Gasteiger partial charge in [0, 0.05) is 5.25 Å². The third kappa shape index (κ3) is 4.16. The highest BCUT2D eigenvalue weighted by Crippen LogP contribution is 2.02. The lowest BCUT2D eigenvalue weighted by molar-refractivity contribution is 0.780. The Morgan fingerprint density at radius 3 is 2.43 bits per heavy atom. The largest absolute Gasteiger partial charge is 0.330 e. The van der Waals surface area contributed by atoms with Gasteiger partial charge in [0.1, 0.15) is 0 Å². The van der Waals surface area contributed by atoms with Crippen molar-refractivity contribution in [3.63, 3.8) is 0 Å². The standard InChI is InChI=1S/C5H12NS/c1-2-5(7)3-4-6/h5,7H,1-4,6H2. The highest BCUT2D eigenvalue weighted by Gasteiger charge is 1.93. The Bertz CT molecular complexity index is 39.1. The molecule has 0 aromatic heterocycles. The molecule has 0 aliphatic carbocycles. The van der Waals surface area contributed by atoms with Crippen LogP contribution in [0.1, 0.15) is 12.8 Å². The molecule has 0 heterocycles. The van der Waals surface area contributed by atoms with Gasteiger partial charge in [0.2, 0.25) is 0 Å². The lowest BCUT2D eigenvalue weighted by Gasteiger charge is -2.01. The molecule has 43 valence electrons. The first-order valence-electron chi connectivity index (χ1n) is 2.48. The predicted octanol–water partition coefficient (Wildman–Crippen LogP) is 0.858. The average molecular weight is 118 g/mol. The molecular weight excluding hydrogens is 106 g/mol. The molecule has 0 fully saturated rings. The van der Waals surface area contributed by atoms with Crippen LogP contribution in [-0.2, 0) is 0 Å². The van der Waals surface area contributed by atoms with Gasteiger partial charge >= 0.3 is 0 Å². The zero-order valence-electron chi connectivity index (χ0n) is 4.43. The van der Waals surface area contributed by atoms with Crippen LogP contribution in [0.2, 0.25) is 0 Å². The fourth-order valence-electron chi connectivity index (χ4n) is 0.337. The number of hydrogen-bond donors (Lipinski definition) is 2. The van der Waals surface area contributed by atoms with Gasteiger partial charge in [0.15, 0.2) is 0 Å². The van der Waals surface area contributed by atoms with Crippen LogP contribution in [0, 0.1) is 6.92 Å². The first-order valence-corrected chi connectivity index (χ1v) is 3.00. The summed E-state index contributed by atoms with van der Waals surface area (Å²) < 4.78 is 0. The van der Waals surface area contributed by atoms with E-state index in [1.165, 1.54) is 0 Å². The summed E-state index contributed by atoms with van der Waals surface area (Å²) in [5.41, 5.74) is 5.23. The first-order chi connectivity index (χ1) is 3.31. The Morgan fingerprint density at radius 2 is 2.29 bits per heavy atom. The van der Waals surface area contributed by atoms with E-state index in [2.05, 4.69) is 19.6 Å². The fraction of sp³-hybridized carbons (Fsp3) is 0.800. The summed E-state index contributed by atoms with van der Waals surface area (Å²) in [7, 11) is 0. The highest BCUT2D eigenvalue weighted by atomic mass is 32.1. The van der Waals surface area contributed by atoms with Crippen LogP contribution in [0.3, 0.4) is 0 Å². The molecule has 2 N–H and O–H groups in total. The molecule has 1 radical (unpaired) electrons. The zero-order valence-corrected chi connectivity index (χ0v) is 5.32. The van der Waals surface area contributed by atoms with Gasteiger partial charge in [-0.25, -0.2) is 0 Å². The molecule has 1 atom stereocenters. The molecule has 2 heteroatoms. The highest BCUT2D eigenvalue weighted by molar-refractivity contribution is 7.80. The molecule has 0 aromatic rings. The van der Waals surface area contributed by atoms with E-state index in [1.54, 1.807) is 0 Å². The van der Waals surface area contributed by atoms with Crippen LogP contribution < -0.4 is 5.73 Å². The van der Waals surface area contributed by atoms with Gasteiger partial charge in [-0.15, -0.1) is 0 Å². The molecule has 0 aliphatic heterocycles. The summed E-state index contributed by atoms with van der Waals surface area (Å²) in [6.45, 7) is 4.40. The van der Waals surface area contributed by atoms with Crippen molar-refractivity contribution in [2.75, 3.05) is 6.54 Å². The van der Waals surface area contributed by atoms with Crippen molar-refractivity contribution in [3.8, 4) is 0 Å². The molecule has 0 amide bonds. The van der Waals surface area contributed by atoms with Crippen molar-refractivity contribution >= 4 is 12.6 Å². The van der Waals surface area contributed by atoms with Gasteiger partial charge in [-0.2, -0.15) is 12.6 Å². The van der Waals surface area contributed by atoms with E-state index in [9.17, 15) is 0 Å². The first kappa shape index (κ1) is 7.31. The molecule has 0 aliphatic rings. The van der Waals surface area contributed by atoms with Gasteiger partial charge < -0.3 is 5.73 Å². The van der Waals surface area contributed by atoms with E-state index in [1.807, 2.05) is 0 Å². The Morgan fingerprint density at radius 1 is 1.71 bits per heavy atom. The van der Waals surface area contributed by atoms with Gasteiger partial charge in [-0.1, -0.05) is 6.92 Å². The summed E-state index contributed by atoms with van der Waals surface area (Å²) in [5, 5.41) is 0.407. The molecule has 0 bridgehead atoms. The zero-order chi connectivity index (χ0) is 5.70. The topological polar surface area (TPSA) is 26.0 Å². The summed E-state index contributed by atoms with van der Waals surface area (Å²) in [4.78, 5) is 0. The lowest BCUT2D eigenvalue weighted by Crippen LogP contribution is -2.06. The quantitative estimate of drug-likeness (QED) is 0.528. The number of nitrogens with two attached hydrogens (primary N) is 1. The molecule has 7 heavy (non-hydrogen) atoms. The molecule has 0 rings (SSSR count). The second kappa shape index (κ2) is 4.47. The molecule has 1 unspecified atom stereocenters. The number of rotatable bonds is 3. The van der Waals surface area contributed by atoms with E-state index in [0.29, 0.717) is 5.25 Å². The van der Waals surface area contributed by atoms with Crippen LogP contribution in [-0.4, -0.2) is 11.8 Å². The lowest BCUT2D eigenvalue weighted by atomic mass is 10.2. The average Bonchev–Trinajstić information content (AvgIpc) is 1.68. The summed E-state index contributed by atoms with van der Waals surface area (Å²) in [6.07, 6.45) is 1.85. The van der Waals surface area contributed by atoms with Gasteiger partial charge in [0.25, 0.3) is 0 Å². The predicted molar refractivity (Wildman–Crippen MR) is 36.4 cm³/mol. The Labute approximate surface area is 50.7 Å². The molecule has 0 spiro atoms. The van der Waals surface area contributed by atoms with E-state index in [4.69, 9.17) is 5.73 Å². The summed E-state index contributed by atoms with van der Waals surface area (Å²) in [6, 6.07) is 0. The summed E-state index contributed by atoms with van der Waals surface area (Å²) >= 11 is 4.17. The van der Waals surface area contributed by atoms with Crippen LogP contribution in [0.15, 0.2) is 0 Å². The van der Waals surface area contributed by atoms with Crippen molar-refractivity contribution in [3.05, 3.63) is 6.92 Å². The van der Waals surface area contributed by atoms with Crippen LogP contribution >= 0.6 is 12.6 Å². The fourth-order valence-corrected chi connectivity index (χ4v) is 0.486. The van der Waals surface area contributed by atoms with Crippen molar-refractivity contribution in [2.24, 2.45) is 5.73 Å². The Balaban J connectivity index is 2.83. The Kier molecular flexibility index (Phi) is 4.67.